The minimum absolute atomic E-state index is 0.166. The van der Waals surface area contributed by atoms with Crippen LogP contribution in [-0.2, 0) is 24.2 Å². The number of nitrogens with one attached hydrogen (secondary N) is 3. The van der Waals surface area contributed by atoms with Crippen molar-refractivity contribution in [1.29, 1.82) is 0 Å². The van der Waals surface area contributed by atoms with Crippen molar-refractivity contribution in [3.63, 3.8) is 0 Å². The van der Waals surface area contributed by atoms with E-state index in [-0.39, 0.29) is 6.42 Å². The molecule has 0 radical (unpaired) electrons. The normalized spacial score (nSPS) is 11.7. The summed E-state index contributed by atoms with van der Waals surface area (Å²) in [6, 6.07) is 16.1. The Kier molecular flexibility index (Phi) is 8.48. The lowest BCUT2D eigenvalue weighted by Gasteiger charge is -2.18. The van der Waals surface area contributed by atoms with E-state index in [2.05, 4.69) is 26.7 Å². The number of amides is 1. The summed E-state index contributed by atoms with van der Waals surface area (Å²) in [5.41, 5.74) is 6.97. The molecule has 1 atom stereocenters. The van der Waals surface area contributed by atoms with Gasteiger partial charge in [0, 0.05) is 41.6 Å². The molecule has 196 valence electrons. The Balaban J connectivity index is 1.41. The summed E-state index contributed by atoms with van der Waals surface area (Å²) in [6.07, 6.45) is 4.51. The molecule has 0 aliphatic carbocycles. The van der Waals surface area contributed by atoms with Gasteiger partial charge in [-0.1, -0.05) is 42.8 Å². The highest BCUT2D eigenvalue weighted by Crippen LogP contribution is 2.23. The van der Waals surface area contributed by atoms with Gasteiger partial charge in [0.25, 0.3) is 5.91 Å². The highest BCUT2D eigenvalue weighted by molar-refractivity contribution is 6.30. The SMILES string of the molecule is CCc1cc(Cl)cc(C)c1C(=O)NC(Cc1ccc(-c2cc(CNc3cc(C)ccn3)c[nH]2)cc1)C(=O)O. The van der Waals surface area contributed by atoms with Crippen molar-refractivity contribution in [1.82, 2.24) is 15.3 Å². The number of hydrogen-bond acceptors (Lipinski definition) is 4. The van der Waals surface area contributed by atoms with Crippen molar-refractivity contribution in [3.8, 4) is 11.3 Å². The number of anilines is 1. The number of pyridine rings is 1. The summed E-state index contributed by atoms with van der Waals surface area (Å²) >= 11 is 6.14. The quantitative estimate of drug-likeness (QED) is 0.203. The molecule has 2 heterocycles. The van der Waals surface area contributed by atoms with Crippen molar-refractivity contribution in [2.45, 2.75) is 46.2 Å². The maximum absolute atomic E-state index is 13.0. The first kappa shape index (κ1) is 26.9. The van der Waals surface area contributed by atoms with Crippen LogP contribution in [0.5, 0.6) is 0 Å². The fraction of sp³-hybridized carbons (Fsp3) is 0.233. The summed E-state index contributed by atoms with van der Waals surface area (Å²) in [4.78, 5) is 32.6. The topological polar surface area (TPSA) is 107 Å². The van der Waals surface area contributed by atoms with Gasteiger partial charge in [0.2, 0.25) is 0 Å². The molecule has 4 rings (SSSR count). The number of carboxylic acid groups (broad SMARTS) is 1. The van der Waals surface area contributed by atoms with Gasteiger partial charge in [-0.05, 0) is 84.0 Å². The molecule has 7 nitrogen and oxygen atoms in total. The van der Waals surface area contributed by atoms with E-state index in [4.69, 9.17) is 11.6 Å². The molecular weight excluding hydrogens is 500 g/mol. The third-order valence-corrected chi connectivity index (χ3v) is 6.65. The van der Waals surface area contributed by atoms with E-state index in [1.165, 1.54) is 0 Å². The fourth-order valence-electron chi connectivity index (χ4n) is 4.44. The third-order valence-electron chi connectivity index (χ3n) is 6.43. The van der Waals surface area contributed by atoms with Gasteiger partial charge >= 0.3 is 5.97 Å². The lowest BCUT2D eigenvalue weighted by molar-refractivity contribution is -0.139. The summed E-state index contributed by atoms with van der Waals surface area (Å²) in [6.45, 7) is 6.40. The van der Waals surface area contributed by atoms with Crippen LogP contribution in [0, 0.1) is 13.8 Å². The molecule has 0 saturated carbocycles. The lowest BCUT2D eigenvalue weighted by atomic mass is 9.98. The smallest absolute Gasteiger partial charge is 0.326 e. The molecule has 0 saturated heterocycles. The zero-order valence-electron chi connectivity index (χ0n) is 21.6. The van der Waals surface area contributed by atoms with Gasteiger partial charge in [-0.3, -0.25) is 4.79 Å². The minimum atomic E-state index is -1.09. The monoisotopic (exact) mass is 530 g/mol. The second-order valence-corrected chi connectivity index (χ2v) is 9.81. The molecule has 38 heavy (non-hydrogen) atoms. The standard InChI is InChI=1S/C30H31ClN4O3/c1-4-22-15-24(31)12-19(3)28(22)29(36)35-26(30(37)38)13-20-5-7-23(8-6-20)25-14-21(16-33-25)17-34-27-11-18(2)9-10-32-27/h5-12,14-16,26,33H,4,13,17H2,1-3H3,(H,32,34)(H,35,36)(H,37,38). The number of H-pyrrole nitrogens is 1. The second-order valence-electron chi connectivity index (χ2n) is 9.37. The lowest BCUT2D eigenvalue weighted by Crippen LogP contribution is -2.42. The molecule has 0 spiro atoms. The summed E-state index contributed by atoms with van der Waals surface area (Å²) in [7, 11) is 0. The van der Waals surface area contributed by atoms with Crippen molar-refractivity contribution in [2.24, 2.45) is 0 Å². The first-order valence-electron chi connectivity index (χ1n) is 12.5. The highest BCUT2D eigenvalue weighted by Gasteiger charge is 2.23. The predicted molar refractivity (Wildman–Crippen MR) is 151 cm³/mol. The van der Waals surface area contributed by atoms with Gasteiger partial charge < -0.3 is 20.7 Å². The zero-order valence-corrected chi connectivity index (χ0v) is 22.4. The number of aromatic nitrogens is 2. The number of halogens is 1. The molecule has 0 aliphatic heterocycles. The van der Waals surface area contributed by atoms with E-state index >= 15 is 0 Å². The van der Waals surface area contributed by atoms with Crippen LogP contribution in [0.25, 0.3) is 11.3 Å². The molecule has 2 aromatic carbocycles. The van der Waals surface area contributed by atoms with Gasteiger partial charge in [-0.25, -0.2) is 9.78 Å². The van der Waals surface area contributed by atoms with E-state index in [0.717, 1.165) is 44.9 Å². The van der Waals surface area contributed by atoms with Gasteiger partial charge in [-0.2, -0.15) is 0 Å². The number of carbonyl (C=O) groups excluding carboxylic acids is 1. The van der Waals surface area contributed by atoms with E-state index in [1.54, 1.807) is 25.3 Å². The average molecular weight is 531 g/mol. The number of nitrogens with zero attached hydrogens (tertiary/aromatic N) is 1. The average Bonchev–Trinajstić information content (AvgIpc) is 3.36. The summed E-state index contributed by atoms with van der Waals surface area (Å²) in [5, 5.41) is 16.4. The number of carbonyl (C=O) groups is 2. The Morgan fingerprint density at radius 3 is 2.50 bits per heavy atom. The Hall–Kier alpha value is -4.10. The molecule has 0 fully saturated rings. The van der Waals surface area contributed by atoms with Crippen LogP contribution in [0.4, 0.5) is 5.82 Å². The Morgan fingerprint density at radius 1 is 1.05 bits per heavy atom. The Bertz CT molecular complexity index is 1450. The molecule has 1 unspecified atom stereocenters. The van der Waals surface area contributed by atoms with Gasteiger partial charge in [0.05, 0.1) is 0 Å². The fourth-order valence-corrected chi connectivity index (χ4v) is 4.73. The van der Waals surface area contributed by atoms with Crippen LogP contribution < -0.4 is 10.6 Å². The molecule has 4 aromatic rings. The maximum Gasteiger partial charge on any atom is 0.326 e. The molecular formula is C30H31ClN4O3. The number of rotatable bonds is 10. The molecule has 2 aromatic heterocycles. The van der Waals surface area contributed by atoms with Crippen LogP contribution in [-0.4, -0.2) is 33.0 Å². The van der Waals surface area contributed by atoms with E-state index in [0.29, 0.717) is 23.6 Å². The van der Waals surface area contributed by atoms with Gasteiger partial charge in [-0.15, -0.1) is 0 Å². The molecule has 1 amide bonds. The summed E-state index contributed by atoms with van der Waals surface area (Å²) in [5.74, 6) is -0.667. The van der Waals surface area contributed by atoms with Crippen LogP contribution in [0.3, 0.4) is 0 Å². The van der Waals surface area contributed by atoms with Gasteiger partial charge in [0.1, 0.15) is 11.9 Å². The Labute approximate surface area is 227 Å². The number of aromatic amines is 1. The second kappa shape index (κ2) is 12.0. The van der Waals surface area contributed by atoms with Crippen LogP contribution in [0.2, 0.25) is 5.02 Å². The van der Waals surface area contributed by atoms with Crippen molar-refractivity contribution >= 4 is 29.3 Å². The van der Waals surface area contributed by atoms with E-state index < -0.39 is 17.9 Å². The first-order valence-corrected chi connectivity index (χ1v) is 12.9. The molecule has 0 bridgehead atoms. The predicted octanol–water partition coefficient (Wildman–Crippen LogP) is 5.95. The molecule has 0 aliphatic rings. The van der Waals surface area contributed by atoms with Crippen molar-refractivity contribution < 1.29 is 14.7 Å². The van der Waals surface area contributed by atoms with Crippen molar-refractivity contribution in [2.75, 3.05) is 5.32 Å². The minimum Gasteiger partial charge on any atom is -0.480 e. The molecule has 8 heteroatoms. The van der Waals surface area contributed by atoms with Crippen LogP contribution in [0.15, 0.2) is 67.0 Å². The largest absolute Gasteiger partial charge is 0.480 e. The number of aryl methyl sites for hydroxylation is 3. The number of benzene rings is 2. The van der Waals surface area contributed by atoms with Crippen molar-refractivity contribution in [3.05, 3.63) is 105 Å². The number of carboxylic acids is 1. The molecule has 4 N–H and O–H groups in total. The first-order chi connectivity index (χ1) is 18.2. The maximum atomic E-state index is 13.0. The highest BCUT2D eigenvalue weighted by atomic mass is 35.5. The van der Waals surface area contributed by atoms with Crippen LogP contribution in [0.1, 0.15) is 45.1 Å². The van der Waals surface area contributed by atoms with E-state index in [1.807, 2.05) is 56.4 Å². The third kappa shape index (κ3) is 6.61. The van der Waals surface area contributed by atoms with Gasteiger partial charge in [0.15, 0.2) is 0 Å². The van der Waals surface area contributed by atoms with E-state index in [9.17, 15) is 14.7 Å². The van der Waals surface area contributed by atoms with Crippen LogP contribution >= 0.6 is 11.6 Å². The Morgan fingerprint density at radius 2 is 1.82 bits per heavy atom. The summed E-state index contributed by atoms with van der Waals surface area (Å²) < 4.78 is 0. The zero-order chi connectivity index (χ0) is 27.2. The number of aliphatic carboxylic acids is 1. The number of hydrogen-bond donors (Lipinski definition) is 4.